The fourth-order valence-electron chi connectivity index (χ4n) is 2.05. The molecule has 1 N–H and O–H groups in total. The molecular formula is C12H14N2O4. The third kappa shape index (κ3) is 2.01. The third-order valence-corrected chi connectivity index (χ3v) is 2.72. The van der Waals surface area contributed by atoms with Crippen molar-refractivity contribution >= 4 is 17.9 Å². The second-order valence-corrected chi connectivity index (χ2v) is 4.77. The van der Waals surface area contributed by atoms with Crippen LogP contribution in [0, 0.1) is 5.92 Å². The van der Waals surface area contributed by atoms with Crippen molar-refractivity contribution in [3.8, 4) is 0 Å². The van der Waals surface area contributed by atoms with Crippen LogP contribution >= 0.6 is 0 Å². The topological polar surface area (TPSA) is 79.6 Å². The Labute approximate surface area is 104 Å². The molecule has 6 nitrogen and oxygen atoms in total. The largest absolute Gasteiger partial charge is 0.480 e. The Bertz CT molecular complexity index is 497. The van der Waals surface area contributed by atoms with Crippen LogP contribution in [0.25, 0.3) is 0 Å². The van der Waals surface area contributed by atoms with Gasteiger partial charge in [-0.1, -0.05) is 13.8 Å². The fraction of sp³-hybridized carbons (Fsp3) is 0.417. The lowest BCUT2D eigenvalue weighted by molar-refractivity contribution is -0.137. The zero-order valence-corrected chi connectivity index (χ0v) is 10.2. The van der Waals surface area contributed by atoms with Crippen molar-refractivity contribution < 1.29 is 19.5 Å². The summed E-state index contributed by atoms with van der Waals surface area (Å²) < 4.78 is 1.23. The highest BCUT2D eigenvalue weighted by Gasteiger charge is 2.37. The number of nitrogens with zero attached hydrogens (tertiary/aromatic N) is 2. The monoisotopic (exact) mass is 250 g/mol. The highest BCUT2D eigenvalue weighted by molar-refractivity contribution is 6.12. The summed E-state index contributed by atoms with van der Waals surface area (Å²) in [4.78, 5) is 35.0. The summed E-state index contributed by atoms with van der Waals surface area (Å²) in [6.07, 6.45) is 2.39. The van der Waals surface area contributed by atoms with E-state index in [2.05, 4.69) is 0 Å². The van der Waals surface area contributed by atoms with E-state index in [0.29, 0.717) is 5.92 Å². The molecule has 2 heterocycles. The molecule has 0 bridgehead atoms. The van der Waals surface area contributed by atoms with Crippen molar-refractivity contribution in [2.75, 3.05) is 6.54 Å². The zero-order valence-electron chi connectivity index (χ0n) is 10.2. The molecule has 1 aliphatic rings. The highest BCUT2D eigenvalue weighted by Crippen LogP contribution is 2.21. The summed E-state index contributed by atoms with van der Waals surface area (Å²) >= 11 is 0. The van der Waals surface area contributed by atoms with Crippen molar-refractivity contribution in [2.45, 2.75) is 20.3 Å². The van der Waals surface area contributed by atoms with Crippen LogP contribution in [0.1, 0.15) is 29.9 Å². The number of carboxylic acids is 1. The van der Waals surface area contributed by atoms with Crippen LogP contribution in [0.15, 0.2) is 12.3 Å². The first-order chi connectivity index (χ1) is 8.40. The molecule has 0 aromatic carbocycles. The second kappa shape index (κ2) is 4.29. The number of carbonyl (C=O) groups excluding carboxylic acids is 2. The summed E-state index contributed by atoms with van der Waals surface area (Å²) in [7, 11) is 0. The fourth-order valence-corrected chi connectivity index (χ4v) is 2.05. The average molecular weight is 250 g/mol. The Morgan fingerprint density at radius 2 is 2.06 bits per heavy atom. The zero-order chi connectivity index (χ0) is 13.4. The number of hydrogen-bond donors (Lipinski definition) is 1. The van der Waals surface area contributed by atoms with Crippen LogP contribution in [-0.2, 0) is 11.2 Å². The van der Waals surface area contributed by atoms with E-state index in [9.17, 15) is 14.4 Å². The summed E-state index contributed by atoms with van der Waals surface area (Å²) in [5, 5.41) is 8.64. The molecule has 0 aliphatic carbocycles. The number of carbonyl (C=O) groups is 3. The number of hydrogen-bond acceptors (Lipinski definition) is 3. The molecule has 0 saturated heterocycles. The lowest BCUT2D eigenvalue weighted by Gasteiger charge is -2.09. The van der Waals surface area contributed by atoms with E-state index >= 15 is 0 Å². The molecule has 0 atom stereocenters. The molecule has 0 spiro atoms. The number of rotatable bonds is 4. The van der Waals surface area contributed by atoms with Crippen molar-refractivity contribution in [3.05, 3.63) is 23.5 Å². The van der Waals surface area contributed by atoms with Crippen molar-refractivity contribution in [3.63, 3.8) is 0 Å². The van der Waals surface area contributed by atoms with Gasteiger partial charge in [-0.05, 0) is 24.0 Å². The Hall–Kier alpha value is -2.11. The molecule has 1 aromatic rings. The smallest absolute Gasteiger partial charge is 0.336 e. The highest BCUT2D eigenvalue weighted by atomic mass is 16.4. The van der Waals surface area contributed by atoms with Crippen LogP contribution in [0.4, 0.5) is 4.79 Å². The van der Waals surface area contributed by atoms with Gasteiger partial charge < -0.3 is 5.11 Å². The molecule has 18 heavy (non-hydrogen) atoms. The van der Waals surface area contributed by atoms with Crippen LogP contribution in [-0.4, -0.2) is 39.0 Å². The molecule has 0 radical (unpaired) electrons. The molecular weight excluding hydrogens is 236 g/mol. The van der Waals surface area contributed by atoms with Crippen molar-refractivity contribution in [1.82, 2.24) is 9.47 Å². The summed E-state index contributed by atoms with van der Waals surface area (Å²) in [5.74, 6) is -1.32. The molecule has 2 amide bonds. The van der Waals surface area contributed by atoms with E-state index in [4.69, 9.17) is 5.11 Å². The van der Waals surface area contributed by atoms with E-state index in [1.54, 1.807) is 12.3 Å². The van der Waals surface area contributed by atoms with Gasteiger partial charge in [0.05, 0.1) is 0 Å². The van der Waals surface area contributed by atoms with Gasteiger partial charge in [-0.3, -0.25) is 14.2 Å². The standard InChI is InChI=1S/C12H14N2O4/c1-7(2)3-8-4-9-11(17)14(6-10(15)16)12(18)13(9)5-8/h4-5,7H,3,6H2,1-2H3,(H,15,16). The number of aliphatic carboxylic acids is 1. The van der Waals surface area contributed by atoms with E-state index < -0.39 is 24.5 Å². The van der Waals surface area contributed by atoms with Gasteiger partial charge in [-0.15, -0.1) is 0 Å². The van der Waals surface area contributed by atoms with Crippen LogP contribution in [0.3, 0.4) is 0 Å². The van der Waals surface area contributed by atoms with Gasteiger partial charge in [0.1, 0.15) is 12.2 Å². The maximum atomic E-state index is 11.9. The number of amides is 2. The predicted octanol–water partition coefficient (Wildman–Crippen LogP) is 1.20. The summed E-state index contributed by atoms with van der Waals surface area (Å²) in [6.45, 7) is 3.49. The lowest BCUT2D eigenvalue weighted by atomic mass is 10.1. The Balaban J connectivity index is 2.27. The van der Waals surface area contributed by atoms with Gasteiger partial charge in [0.15, 0.2) is 0 Å². The molecule has 0 saturated carbocycles. The maximum Gasteiger partial charge on any atom is 0.336 e. The first-order valence-electron chi connectivity index (χ1n) is 5.69. The minimum absolute atomic E-state index is 0.247. The van der Waals surface area contributed by atoms with Crippen molar-refractivity contribution in [2.24, 2.45) is 5.92 Å². The maximum absolute atomic E-state index is 11.9. The molecule has 1 aliphatic heterocycles. The van der Waals surface area contributed by atoms with Gasteiger partial charge in [-0.2, -0.15) is 0 Å². The lowest BCUT2D eigenvalue weighted by Crippen LogP contribution is -2.35. The van der Waals surface area contributed by atoms with Crippen LogP contribution < -0.4 is 0 Å². The van der Waals surface area contributed by atoms with Crippen LogP contribution in [0.5, 0.6) is 0 Å². The Morgan fingerprint density at radius 3 is 2.56 bits per heavy atom. The van der Waals surface area contributed by atoms with Gasteiger partial charge in [0.25, 0.3) is 5.91 Å². The molecule has 2 rings (SSSR count). The van der Waals surface area contributed by atoms with Gasteiger partial charge in [0, 0.05) is 6.20 Å². The van der Waals surface area contributed by atoms with Crippen molar-refractivity contribution in [1.29, 1.82) is 0 Å². The van der Waals surface area contributed by atoms with Gasteiger partial charge in [0.2, 0.25) is 0 Å². The summed E-state index contributed by atoms with van der Waals surface area (Å²) in [6, 6.07) is 1.06. The summed E-state index contributed by atoms with van der Waals surface area (Å²) in [5.41, 5.74) is 1.16. The van der Waals surface area contributed by atoms with Crippen LogP contribution in [0.2, 0.25) is 0 Å². The number of carboxylic acid groups (broad SMARTS) is 1. The molecule has 0 unspecified atom stereocenters. The number of imide groups is 1. The average Bonchev–Trinajstić information content (AvgIpc) is 2.73. The molecule has 96 valence electrons. The second-order valence-electron chi connectivity index (χ2n) is 4.77. The minimum atomic E-state index is -1.20. The van der Waals surface area contributed by atoms with E-state index in [-0.39, 0.29) is 5.69 Å². The first-order valence-corrected chi connectivity index (χ1v) is 5.69. The third-order valence-electron chi connectivity index (χ3n) is 2.72. The first kappa shape index (κ1) is 12.3. The normalized spacial score (nSPS) is 14.5. The van der Waals surface area contributed by atoms with E-state index in [1.807, 2.05) is 13.8 Å². The SMILES string of the molecule is CC(C)Cc1cc2n(c1)C(=O)N(CC(=O)O)C2=O. The van der Waals surface area contributed by atoms with Gasteiger partial charge in [-0.25, -0.2) is 9.69 Å². The quantitative estimate of drug-likeness (QED) is 0.870. The van der Waals surface area contributed by atoms with E-state index in [1.165, 1.54) is 4.57 Å². The number of fused-ring (bicyclic) bond motifs is 1. The Kier molecular flexibility index (Phi) is 2.94. The molecule has 0 fully saturated rings. The molecule has 1 aromatic heterocycles. The predicted molar refractivity (Wildman–Crippen MR) is 62.4 cm³/mol. The Morgan fingerprint density at radius 1 is 1.39 bits per heavy atom. The van der Waals surface area contributed by atoms with Gasteiger partial charge >= 0.3 is 12.0 Å². The molecule has 6 heteroatoms. The van der Waals surface area contributed by atoms with E-state index in [0.717, 1.165) is 16.9 Å². The minimum Gasteiger partial charge on any atom is -0.480 e. The number of aromatic nitrogens is 1.